The third kappa shape index (κ3) is 13.3. The van der Waals surface area contributed by atoms with Crippen LogP contribution in [-0.2, 0) is 39.1 Å². The van der Waals surface area contributed by atoms with E-state index in [1.807, 2.05) is 126 Å². The van der Waals surface area contributed by atoms with Crippen molar-refractivity contribution in [2.45, 2.75) is 120 Å². The molecule has 2 heterocycles. The summed E-state index contributed by atoms with van der Waals surface area (Å²) in [6, 6.07) is 26.2. The van der Waals surface area contributed by atoms with Gasteiger partial charge in [0.25, 0.3) is 0 Å². The summed E-state index contributed by atoms with van der Waals surface area (Å²) in [6.07, 6.45) is 1.78. The minimum Gasteiger partial charge on any atom is -0.497 e. The summed E-state index contributed by atoms with van der Waals surface area (Å²) < 4.78 is 63.2. The number of hydrogen-bond acceptors (Lipinski definition) is 13. The zero-order chi connectivity index (χ0) is 49.5. The summed E-state index contributed by atoms with van der Waals surface area (Å²) in [6.45, 7) is 12.3. The van der Waals surface area contributed by atoms with Crippen LogP contribution >= 0.6 is 11.8 Å². The van der Waals surface area contributed by atoms with Crippen LogP contribution in [-0.4, -0.2) is 107 Å². The maximum absolute atomic E-state index is 16.2. The predicted octanol–water partition coefficient (Wildman–Crippen LogP) is 9.32. The molecule has 4 aromatic carbocycles. The Bertz CT molecular complexity index is 2580. The van der Waals surface area contributed by atoms with E-state index in [0.29, 0.717) is 78.1 Å². The van der Waals surface area contributed by atoms with Crippen LogP contribution in [0.4, 0.5) is 9.59 Å². The highest BCUT2D eigenvalue weighted by molar-refractivity contribution is 8.00. The minimum absolute atomic E-state index is 0.0395. The number of nitrogens with zero attached hydrogens (tertiary/aromatic N) is 6. The fourth-order valence-corrected chi connectivity index (χ4v) is 11.7. The van der Waals surface area contributed by atoms with Crippen LogP contribution in [0.3, 0.4) is 0 Å². The third-order valence-corrected chi connectivity index (χ3v) is 15.3. The Hall–Kier alpha value is -5.85. The number of rotatable bonds is 17. The average Bonchev–Trinajstić information content (AvgIpc) is 3.75. The lowest BCUT2D eigenvalue weighted by Gasteiger charge is -2.39. The first-order valence-corrected chi connectivity index (χ1v) is 25.7. The molecule has 18 heteroatoms. The molecule has 16 nitrogen and oxygen atoms in total. The number of benzene rings is 4. The molecule has 1 aromatic heterocycles. The topological polar surface area (TPSA) is 177 Å². The van der Waals surface area contributed by atoms with E-state index < -0.39 is 27.3 Å². The van der Waals surface area contributed by atoms with Gasteiger partial charge >= 0.3 is 12.2 Å². The highest BCUT2D eigenvalue weighted by Gasteiger charge is 2.39. The number of alkyl carbamates (subject to hydrolysis) is 1. The van der Waals surface area contributed by atoms with Crippen molar-refractivity contribution in [1.82, 2.24) is 34.7 Å². The number of sulfonamides is 1. The molecular weight excluding hydrogens is 919 g/mol. The number of carbonyl (C=O) groups excluding carboxylic acids is 2. The van der Waals surface area contributed by atoms with Gasteiger partial charge in [-0.1, -0.05) is 42.5 Å². The number of nitrogens with one attached hydrogen (secondary N) is 1. The van der Waals surface area contributed by atoms with Crippen molar-refractivity contribution in [3.8, 4) is 28.6 Å². The van der Waals surface area contributed by atoms with E-state index in [9.17, 15) is 9.59 Å². The zero-order valence-corrected chi connectivity index (χ0v) is 42.7. The lowest BCUT2D eigenvalue weighted by atomic mass is 9.80. The second kappa shape index (κ2) is 21.8. The first-order valence-electron chi connectivity index (χ1n) is 23.2. The minimum atomic E-state index is -4.43. The normalized spacial score (nSPS) is 16.7. The maximum Gasteiger partial charge on any atom is 0.410 e. The van der Waals surface area contributed by atoms with Gasteiger partial charge in [0.2, 0.25) is 10.0 Å². The molecule has 370 valence electrons. The lowest BCUT2D eigenvalue weighted by molar-refractivity contribution is 0.00212. The van der Waals surface area contributed by atoms with Gasteiger partial charge in [-0.05, 0) is 148 Å². The Labute approximate surface area is 410 Å². The number of likely N-dealkylation sites (tertiary alicyclic amines) is 1. The van der Waals surface area contributed by atoms with Crippen molar-refractivity contribution < 1.29 is 41.7 Å². The molecule has 1 aliphatic heterocycles. The van der Waals surface area contributed by atoms with Crippen LogP contribution in [0.25, 0.3) is 11.4 Å². The molecule has 0 unspecified atom stereocenters. The van der Waals surface area contributed by atoms with Gasteiger partial charge in [0.1, 0.15) is 33.3 Å². The fourth-order valence-electron chi connectivity index (χ4n) is 8.52. The molecule has 1 N–H and O–H groups in total. The Morgan fingerprint density at radius 1 is 0.725 bits per heavy atom. The second-order valence-corrected chi connectivity index (χ2v) is 22.5. The summed E-state index contributed by atoms with van der Waals surface area (Å²) >= 11 is 1.45. The zero-order valence-electron chi connectivity index (χ0n) is 41.1. The van der Waals surface area contributed by atoms with Gasteiger partial charge in [0.05, 0.1) is 27.9 Å². The van der Waals surface area contributed by atoms with E-state index in [2.05, 4.69) is 20.8 Å². The van der Waals surface area contributed by atoms with Crippen LogP contribution < -0.4 is 19.5 Å². The molecule has 1 saturated carbocycles. The van der Waals surface area contributed by atoms with Gasteiger partial charge in [-0.25, -0.2) is 22.7 Å². The van der Waals surface area contributed by atoms with Crippen LogP contribution in [0.15, 0.2) is 94.7 Å². The van der Waals surface area contributed by atoms with Crippen molar-refractivity contribution in [3.05, 3.63) is 107 Å². The van der Waals surface area contributed by atoms with E-state index in [0.717, 1.165) is 22.3 Å². The number of hydrogen-bond donors (Lipinski definition) is 1. The maximum atomic E-state index is 16.2. The largest absolute Gasteiger partial charge is 0.497 e. The molecule has 2 fully saturated rings. The van der Waals surface area contributed by atoms with Gasteiger partial charge in [0, 0.05) is 54.4 Å². The van der Waals surface area contributed by atoms with E-state index in [4.69, 9.17) is 23.7 Å². The van der Waals surface area contributed by atoms with Gasteiger partial charge in [0.15, 0.2) is 5.82 Å². The highest BCUT2D eigenvalue weighted by atomic mass is 32.2. The Morgan fingerprint density at radius 3 is 1.75 bits per heavy atom. The number of ether oxygens (including phenoxy) is 5. The number of tetrazole rings is 1. The second-order valence-electron chi connectivity index (χ2n) is 19.6. The van der Waals surface area contributed by atoms with Crippen molar-refractivity contribution in [2.75, 3.05) is 40.2 Å². The number of methoxy groups -OCH3 is 3. The molecule has 7 rings (SSSR count). The average molecular weight is 984 g/mol. The summed E-state index contributed by atoms with van der Waals surface area (Å²) in [5.41, 5.74) is 2.37. The molecule has 2 amide bonds. The number of amides is 2. The standard InChI is InChI=1S/C51H65N7O9S2/c1-50(2,3)66-48(59)52-39-18-16-38(17-19-39)43-26-27-44(68-33-37-28-56(29-37)49(60)67-51(4,5)6)46(45(43)47-53-54-55-58(47)32-36-14-24-42(65-9)25-15-36)69(61,62)57(30-34-10-20-40(63-7)21-11-34)31-35-12-22-41(64-8)23-13-35/h10-15,20-27,37-39H,16-19,28-33H2,1-9H3,(H,52,59). The molecule has 0 radical (unpaired) electrons. The van der Waals surface area contributed by atoms with Crippen LogP contribution in [0.5, 0.6) is 17.2 Å². The number of carbonyl (C=O) groups is 2. The fraction of sp³-hybridized carbons (Fsp3) is 0.471. The summed E-state index contributed by atoms with van der Waals surface area (Å²) in [5.74, 6) is 2.82. The molecule has 5 aromatic rings. The quantitative estimate of drug-likeness (QED) is 0.0873. The summed E-state index contributed by atoms with van der Waals surface area (Å²) in [7, 11) is 0.358. The van der Waals surface area contributed by atoms with Gasteiger partial charge in [-0.2, -0.15) is 4.31 Å². The summed E-state index contributed by atoms with van der Waals surface area (Å²) in [5, 5.41) is 16.4. The smallest absolute Gasteiger partial charge is 0.410 e. The summed E-state index contributed by atoms with van der Waals surface area (Å²) in [4.78, 5) is 28.1. The van der Waals surface area contributed by atoms with Gasteiger partial charge in [-0.3, -0.25) is 0 Å². The van der Waals surface area contributed by atoms with E-state index in [-0.39, 0.29) is 48.5 Å². The van der Waals surface area contributed by atoms with E-state index in [1.165, 1.54) is 16.1 Å². The van der Waals surface area contributed by atoms with Crippen molar-refractivity contribution >= 4 is 34.0 Å². The van der Waals surface area contributed by atoms with Crippen molar-refractivity contribution in [1.29, 1.82) is 0 Å². The molecule has 2 aliphatic rings. The molecule has 1 saturated heterocycles. The Kier molecular flexibility index (Phi) is 16.1. The van der Waals surface area contributed by atoms with E-state index >= 15 is 8.42 Å². The number of aromatic nitrogens is 4. The Balaban J connectivity index is 1.35. The van der Waals surface area contributed by atoms with Crippen LogP contribution in [0, 0.1) is 5.92 Å². The SMILES string of the molecule is COc1ccc(CN(Cc2ccc(OC)cc2)S(=O)(=O)c2c(SCC3CN(C(=O)OC(C)(C)C)C3)ccc(C3CCC(NC(=O)OC(C)(C)C)CC3)c2-c2nnnn2Cc2ccc(OC)cc2)cc1. The first kappa shape index (κ1) is 51.0. The van der Waals surface area contributed by atoms with E-state index in [1.54, 1.807) is 30.9 Å². The predicted molar refractivity (Wildman–Crippen MR) is 264 cm³/mol. The lowest BCUT2D eigenvalue weighted by Crippen LogP contribution is -2.52. The van der Waals surface area contributed by atoms with Crippen LogP contribution in [0.2, 0.25) is 0 Å². The molecule has 0 atom stereocenters. The van der Waals surface area contributed by atoms with Crippen molar-refractivity contribution in [3.63, 3.8) is 0 Å². The van der Waals surface area contributed by atoms with Gasteiger partial charge < -0.3 is 33.9 Å². The monoisotopic (exact) mass is 983 g/mol. The molecule has 69 heavy (non-hydrogen) atoms. The molecule has 0 bridgehead atoms. The van der Waals surface area contributed by atoms with Gasteiger partial charge in [-0.15, -0.1) is 16.9 Å². The third-order valence-electron chi connectivity index (χ3n) is 12.0. The first-order chi connectivity index (χ1) is 32.8. The molecule has 1 aliphatic carbocycles. The molecular formula is C51H65N7O9S2. The highest BCUT2D eigenvalue weighted by Crippen LogP contribution is 2.46. The molecule has 0 spiro atoms. The Morgan fingerprint density at radius 2 is 1.25 bits per heavy atom. The van der Waals surface area contributed by atoms with Crippen molar-refractivity contribution in [2.24, 2.45) is 5.92 Å². The number of thioether (sulfide) groups is 1. The van der Waals surface area contributed by atoms with Crippen LogP contribution in [0.1, 0.15) is 95.4 Å².